The van der Waals surface area contributed by atoms with Crippen LogP contribution in [0.2, 0.25) is 0 Å². The van der Waals surface area contributed by atoms with Crippen molar-refractivity contribution in [2.24, 2.45) is 0 Å². The molecule has 0 fully saturated rings. The number of carbonyl (C=O) groups is 2. The summed E-state index contributed by atoms with van der Waals surface area (Å²) in [5.41, 5.74) is 1.70. The summed E-state index contributed by atoms with van der Waals surface area (Å²) < 4.78 is 1.52. The fourth-order valence-corrected chi connectivity index (χ4v) is 2.71. The molecule has 0 aliphatic rings. The van der Waals surface area contributed by atoms with E-state index in [-0.39, 0.29) is 23.7 Å². The lowest BCUT2D eigenvalue weighted by molar-refractivity contribution is -0.116. The normalized spacial score (nSPS) is 10.7. The van der Waals surface area contributed by atoms with Crippen LogP contribution in [0.1, 0.15) is 30.1 Å². The Bertz CT molecular complexity index is 1020. The van der Waals surface area contributed by atoms with Gasteiger partial charge in [-0.3, -0.25) is 19.0 Å². The van der Waals surface area contributed by atoms with Gasteiger partial charge in [0, 0.05) is 24.2 Å². The predicted molar refractivity (Wildman–Crippen MR) is 100 cm³/mol. The van der Waals surface area contributed by atoms with Crippen molar-refractivity contribution in [2.45, 2.75) is 26.3 Å². The van der Waals surface area contributed by atoms with E-state index < -0.39 is 0 Å². The number of Topliss-reactive ketones (excluding diaryl/α,β-unsaturated/α-hetero) is 1. The number of para-hydroxylation sites is 1. The van der Waals surface area contributed by atoms with Crippen LogP contribution in [0.25, 0.3) is 10.9 Å². The molecule has 1 aromatic heterocycles. The van der Waals surface area contributed by atoms with Gasteiger partial charge in [-0.15, -0.1) is 0 Å². The second kappa shape index (κ2) is 7.74. The van der Waals surface area contributed by atoms with E-state index in [0.29, 0.717) is 35.1 Å². The van der Waals surface area contributed by atoms with Gasteiger partial charge in [-0.1, -0.05) is 24.3 Å². The van der Waals surface area contributed by atoms with E-state index in [4.69, 9.17) is 0 Å². The van der Waals surface area contributed by atoms with Crippen molar-refractivity contribution < 1.29 is 9.59 Å². The Hall–Kier alpha value is -3.28. The number of hydrogen-bond acceptors (Lipinski definition) is 4. The molecule has 1 heterocycles. The van der Waals surface area contributed by atoms with Crippen LogP contribution in [0, 0.1) is 0 Å². The van der Waals surface area contributed by atoms with Gasteiger partial charge in [0.2, 0.25) is 5.91 Å². The quantitative estimate of drug-likeness (QED) is 0.694. The highest BCUT2D eigenvalue weighted by Gasteiger charge is 2.07. The highest BCUT2D eigenvalue weighted by Crippen LogP contribution is 2.12. The lowest BCUT2D eigenvalue weighted by Gasteiger charge is -2.08. The zero-order valence-electron chi connectivity index (χ0n) is 14.4. The van der Waals surface area contributed by atoms with E-state index in [1.165, 1.54) is 17.8 Å². The Balaban J connectivity index is 1.59. The second-order valence-corrected chi connectivity index (χ2v) is 6.05. The number of nitrogens with zero attached hydrogens (tertiary/aromatic N) is 2. The molecule has 0 radical (unpaired) electrons. The summed E-state index contributed by atoms with van der Waals surface area (Å²) in [6, 6.07) is 14.0. The summed E-state index contributed by atoms with van der Waals surface area (Å²) in [6.07, 6.45) is 2.29. The van der Waals surface area contributed by atoms with Gasteiger partial charge in [0.15, 0.2) is 5.78 Å². The molecule has 1 N–H and O–H groups in total. The zero-order chi connectivity index (χ0) is 18.5. The first-order valence-electron chi connectivity index (χ1n) is 8.39. The topological polar surface area (TPSA) is 81.1 Å². The number of aryl methyl sites for hydroxylation is 1. The largest absolute Gasteiger partial charge is 0.326 e. The number of fused-ring (bicyclic) bond motifs is 1. The molecular formula is C20H19N3O3. The number of benzene rings is 2. The first kappa shape index (κ1) is 17.5. The smallest absolute Gasteiger partial charge is 0.261 e. The summed E-state index contributed by atoms with van der Waals surface area (Å²) in [7, 11) is 0. The van der Waals surface area contributed by atoms with Gasteiger partial charge >= 0.3 is 0 Å². The van der Waals surface area contributed by atoms with Crippen LogP contribution in [0.3, 0.4) is 0 Å². The van der Waals surface area contributed by atoms with Crippen LogP contribution in [-0.4, -0.2) is 21.2 Å². The maximum Gasteiger partial charge on any atom is 0.261 e. The molecule has 1 amide bonds. The van der Waals surface area contributed by atoms with Crippen molar-refractivity contribution in [3.8, 4) is 0 Å². The maximum absolute atomic E-state index is 12.4. The number of hydrogen-bond donors (Lipinski definition) is 1. The molecule has 0 bridgehead atoms. The molecule has 0 aliphatic carbocycles. The fourth-order valence-electron chi connectivity index (χ4n) is 2.71. The SMILES string of the molecule is CC(=O)c1cccc(NC(=O)CCCn2cnc3ccccc3c2=O)c1. The van der Waals surface area contributed by atoms with Crippen molar-refractivity contribution >= 4 is 28.3 Å². The van der Waals surface area contributed by atoms with Crippen molar-refractivity contribution in [3.63, 3.8) is 0 Å². The van der Waals surface area contributed by atoms with Crippen molar-refractivity contribution in [3.05, 3.63) is 70.8 Å². The molecule has 26 heavy (non-hydrogen) atoms. The molecule has 132 valence electrons. The van der Waals surface area contributed by atoms with Crippen LogP contribution in [0.4, 0.5) is 5.69 Å². The molecule has 0 saturated heterocycles. The van der Waals surface area contributed by atoms with Crippen LogP contribution in [0.15, 0.2) is 59.7 Å². The molecule has 3 rings (SSSR count). The molecule has 0 unspecified atom stereocenters. The first-order chi connectivity index (χ1) is 12.5. The third-order valence-corrected chi connectivity index (χ3v) is 4.09. The van der Waals surface area contributed by atoms with Gasteiger partial charge in [-0.25, -0.2) is 4.98 Å². The summed E-state index contributed by atoms with van der Waals surface area (Å²) in [5, 5.41) is 3.34. The van der Waals surface area contributed by atoms with E-state index in [0.717, 1.165) is 0 Å². The van der Waals surface area contributed by atoms with E-state index in [1.54, 1.807) is 42.5 Å². The highest BCUT2D eigenvalue weighted by atomic mass is 16.1. The number of rotatable bonds is 6. The van der Waals surface area contributed by atoms with Gasteiger partial charge in [0.25, 0.3) is 5.56 Å². The van der Waals surface area contributed by atoms with E-state index in [9.17, 15) is 14.4 Å². The third kappa shape index (κ3) is 4.03. The summed E-state index contributed by atoms with van der Waals surface area (Å²) in [6.45, 7) is 1.90. The van der Waals surface area contributed by atoms with Crippen LogP contribution in [0.5, 0.6) is 0 Å². The van der Waals surface area contributed by atoms with Gasteiger partial charge in [0.1, 0.15) is 0 Å². The van der Waals surface area contributed by atoms with E-state index in [1.807, 2.05) is 6.07 Å². The number of carbonyl (C=O) groups excluding carboxylic acids is 2. The maximum atomic E-state index is 12.4. The molecule has 3 aromatic rings. The van der Waals surface area contributed by atoms with Crippen LogP contribution < -0.4 is 10.9 Å². The minimum absolute atomic E-state index is 0.0516. The number of ketones is 1. The molecule has 0 atom stereocenters. The monoisotopic (exact) mass is 349 g/mol. The fraction of sp³-hybridized carbons (Fsp3) is 0.200. The number of anilines is 1. The van der Waals surface area contributed by atoms with Crippen molar-refractivity contribution in [1.82, 2.24) is 9.55 Å². The van der Waals surface area contributed by atoms with Crippen molar-refractivity contribution in [2.75, 3.05) is 5.32 Å². The Morgan fingerprint density at radius 2 is 1.92 bits per heavy atom. The standard InChI is InChI=1S/C20H19N3O3/c1-14(24)15-6-4-7-16(12-15)22-19(25)10-5-11-23-13-21-18-9-3-2-8-17(18)20(23)26/h2-4,6-9,12-13H,5,10-11H2,1H3,(H,22,25). The number of aromatic nitrogens is 2. The zero-order valence-corrected chi connectivity index (χ0v) is 14.4. The predicted octanol–water partition coefficient (Wildman–Crippen LogP) is 3.02. The van der Waals surface area contributed by atoms with Gasteiger partial charge < -0.3 is 5.32 Å². The Labute approximate surface area is 150 Å². The Kier molecular flexibility index (Phi) is 5.22. The lowest BCUT2D eigenvalue weighted by atomic mass is 10.1. The van der Waals surface area contributed by atoms with Crippen LogP contribution in [-0.2, 0) is 11.3 Å². The minimum Gasteiger partial charge on any atom is -0.326 e. The van der Waals surface area contributed by atoms with Crippen LogP contribution >= 0.6 is 0 Å². The molecular weight excluding hydrogens is 330 g/mol. The van der Waals surface area contributed by atoms with Gasteiger partial charge in [-0.05, 0) is 37.6 Å². The van der Waals surface area contributed by atoms with Crippen molar-refractivity contribution in [1.29, 1.82) is 0 Å². The Morgan fingerprint density at radius 3 is 2.73 bits per heavy atom. The average Bonchev–Trinajstić information content (AvgIpc) is 2.64. The molecule has 2 aromatic carbocycles. The second-order valence-electron chi connectivity index (χ2n) is 6.05. The Morgan fingerprint density at radius 1 is 1.12 bits per heavy atom. The minimum atomic E-state index is -0.160. The first-order valence-corrected chi connectivity index (χ1v) is 8.39. The molecule has 0 aliphatic heterocycles. The van der Waals surface area contributed by atoms with E-state index >= 15 is 0 Å². The molecule has 6 nitrogen and oxygen atoms in total. The molecule has 0 saturated carbocycles. The number of nitrogens with one attached hydrogen (secondary N) is 1. The summed E-state index contributed by atoms with van der Waals surface area (Å²) in [4.78, 5) is 40.1. The highest BCUT2D eigenvalue weighted by molar-refractivity contribution is 5.97. The third-order valence-electron chi connectivity index (χ3n) is 4.09. The summed E-state index contributed by atoms with van der Waals surface area (Å²) in [5.74, 6) is -0.211. The summed E-state index contributed by atoms with van der Waals surface area (Å²) >= 11 is 0. The van der Waals surface area contributed by atoms with E-state index in [2.05, 4.69) is 10.3 Å². The lowest BCUT2D eigenvalue weighted by Crippen LogP contribution is -2.21. The number of amides is 1. The molecule has 6 heteroatoms. The molecule has 0 spiro atoms. The average molecular weight is 349 g/mol. The van der Waals surface area contributed by atoms with Gasteiger partial charge in [-0.2, -0.15) is 0 Å². The van der Waals surface area contributed by atoms with Gasteiger partial charge in [0.05, 0.1) is 17.2 Å².